The molecule has 0 aromatic heterocycles. The van der Waals surface area contributed by atoms with Crippen LogP contribution in [0.2, 0.25) is 0 Å². The highest BCUT2D eigenvalue weighted by atomic mass is 16.7. The van der Waals surface area contributed by atoms with Crippen molar-refractivity contribution >= 4 is 23.9 Å². The lowest BCUT2D eigenvalue weighted by Gasteiger charge is -2.24. The van der Waals surface area contributed by atoms with Crippen molar-refractivity contribution in [2.45, 2.75) is 37.9 Å². The van der Waals surface area contributed by atoms with Crippen molar-refractivity contribution in [1.82, 2.24) is 0 Å². The van der Waals surface area contributed by atoms with Crippen molar-refractivity contribution in [2.75, 3.05) is 0 Å². The highest BCUT2D eigenvalue weighted by molar-refractivity contribution is 5.90. The standard InChI is InChI=1S/C28H24O9/c1-18(29)33-28-25(37-27(32)20-13-7-3-8-14-20)24(36-26(31)19-11-5-2-6-12-19)22(35-28)17-23(30)34-21-15-9-4-10-16-21/h2-16,22,24-25,28H,17H2,1H3/t22-,24+,25+,28-/m1/s1. The number of rotatable bonds is 8. The van der Waals surface area contributed by atoms with Crippen LogP contribution in [0.3, 0.4) is 0 Å². The van der Waals surface area contributed by atoms with Gasteiger partial charge in [-0.2, -0.15) is 0 Å². The van der Waals surface area contributed by atoms with Crippen LogP contribution < -0.4 is 4.74 Å². The summed E-state index contributed by atoms with van der Waals surface area (Å²) in [6.45, 7) is 1.15. The van der Waals surface area contributed by atoms with Crippen molar-refractivity contribution in [3.05, 3.63) is 102 Å². The Kier molecular flexibility index (Phi) is 8.27. The van der Waals surface area contributed by atoms with Gasteiger partial charge in [-0.15, -0.1) is 0 Å². The topological polar surface area (TPSA) is 114 Å². The van der Waals surface area contributed by atoms with E-state index in [1.807, 2.05) is 0 Å². The van der Waals surface area contributed by atoms with E-state index in [1.54, 1.807) is 91.0 Å². The van der Waals surface area contributed by atoms with E-state index in [-0.39, 0.29) is 17.5 Å². The summed E-state index contributed by atoms with van der Waals surface area (Å²) in [4.78, 5) is 50.2. The number of esters is 4. The van der Waals surface area contributed by atoms with E-state index in [4.69, 9.17) is 23.7 Å². The minimum Gasteiger partial charge on any atom is -0.452 e. The maximum atomic E-state index is 12.9. The normalized spacial score (nSPS) is 20.5. The second-order valence-corrected chi connectivity index (χ2v) is 8.12. The van der Waals surface area contributed by atoms with Crippen LogP contribution in [-0.2, 0) is 28.5 Å². The number of carbonyl (C=O) groups excluding carboxylic acids is 4. The molecule has 1 aliphatic heterocycles. The van der Waals surface area contributed by atoms with Gasteiger partial charge in [-0.05, 0) is 36.4 Å². The van der Waals surface area contributed by atoms with Crippen molar-refractivity contribution in [1.29, 1.82) is 0 Å². The van der Waals surface area contributed by atoms with Crippen LogP contribution >= 0.6 is 0 Å². The van der Waals surface area contributed by atoms with Gasteiger partial charge in [0.2, 0.25) is 12.4 Å². The molecule has 1 saturated heterocycles. The molecule has 4 rings (SSSR count). The number of hydrogen-bond donors (Lipinski definition) is 0. The largest absolute Gasteiger partial charge is 0.452 e. The Morgan fingerprint density at radius 3 is 1.68 bits per heavy atom. The van der Waals surface area contributed by atoms with Crippen LogP contribution in [0.15, 0.2) is 91.0 Å². The summed E-state index contributed by atoms with van der Waals surface area (Å²) in [5.74, 6) is -2.58. The molecule has 0 aliphatic carbocycles. The molecule has 1 heterocycles. The molecule has 0 N–H and O–H groups in total. The minimum atomic E-state index is -1.42. The lowest BCUT2D eigenvalue weighted by Crippen LogP contribution is -2.42. The first-order valence-corrected chi connectivity index (χ1v) is 11.5. The first-order chi connectivity index (χ1) is 17.9. The average molecular weight is 504 g/mol. The third-order valence-corrected chi connectivity index (χ3v) is 5.40. The number of ether oxygens (including phenoxy) is 5. The second kappa shape index (κ2) is 12.0. The molecule has 37 heavy (non-hydrogen) atoms. The summed E-state index contributed by atoms with van der Waals surface area (Å²) < 4.78 is 27.7. The van der Waals surface area contributed by atoms with Gasteiger partial charge in [0.25, 0.3) is 0 Å². The van der Waals surface area contributed by atoms with Gasteiger partial charge < -0.3 is 23.7 Å². The molecule has 9 heteroatoms. The minimum absolute atomic E-state index is 0.226. The predicted molar refractivity (Wildman–Crippen MR) is 128 cm³/mol. The lowest BCUT2D eigenvalue weighted by molar-refractivity contribution is -0.186. The Morgan fingerprint density at radius 1 is 0.676 bits per heavy atom. The summed E-state index contributed by atoms with van der Waals surface area (Å²) >= 11 is 0. The zero-order chi connectivity index (χ0) is 26.2. The maximum Gasteiger partial charge on any atom is 0.338 e. The van der Waals surface area contributed by atoms with Crippen LogP contribution in [0.5, 0.6) is 5.75 Å². The molecule has 0 radical (unpaired) electrons. The predicted octanol–water partition coefficient (Wildman–Crippen LogP) is 3.72. The van der Waals surface area contributed by atoms with Gasteiger partial charge in [0, 0.05) is 6.92 Å². The average Bonchev–Trinajstić information content (AvgIpc) is 3.19. The number of benzene rings is 3. The van der Waals surface area contributed by atoms with Crippen molar-refractivity contribution in [2.24, 2.45) is 0 Å². The van der Waals surface area contributed by atoms with Crippen molar-refractivity contribution < 1.29 is 42.9 Å². The Morgan fingerprint density at radius 2 is 1.16 bits per heavy atom. The van der Waals surface area contributed by atoms with Gasteiger partial charge in [-0.25, -0.2) is 9.59 Å². The molecule has 9 nitrogen and oxygen atoms in total. The molecule has 1 fully saturated rings. The molecular weight excluding hydrogens is 480 g/mol. The second-order valence-electron chi connectivity index (χ2n) is 8.12. The molecule has 190 valence electrons. The molecule has 0 unspecified atom stereocenters. The Labute approximate surface area is 212 Å². The van der Waals surface area contributed by atoms with Crippen LogP contribution in [-0.4, -0.2) is 48.5 Å². The molecule has 0 spiro atoms. The summed E-state index contributed by atoms with van der Waals surface area (Å²) in [7, 11) is 0. The van der Waals surface area contributed by atoms with Crippen LogP contribution in [0, 0.1) is 0 Å². The third-order valence-electron chi connectivity index (χ3n) is 5.40. The molecule has 0 saturated carbocycles. The third kappa shape index (κ3) is 6.80. The van der Waals surface area contributed by atoms with E-state index in [0.717, 1.165) is 6.92 Å². The first-order valence-electron chi connectivity index (χ1n) is 11.5. The smallest absolute Gasteiger partial charge is 0.338 e. The SMILES string of the molecule is CC(=O)O[C@@H]1O[C@H](CC(=O)Oc2ccccc2)[C@H](OC(=O)c2ccccc2)[C@@H]1OC(=O)c1ccccc1. The summed E-state index contributed by atoms with van der Waals surface area (Å²) in [5, 5.41) is 0. The first kappa shape index (κ1) is 25.6. The van der Waals surface area contributed by atoms with Crippen molar-refractivity contribution in [3.63, 3.8) is 0 Å². The Balaban J connectivity index is 1.59. The summed E-state index contributed by atoms with van der Waals surface area (Å²) in [6, 6.07) is 24.6. The zero-order valence-electron chi connectivity index (χ0n) is 19.9. The fraction of sp³-hybridized carbons (Fsp3) is 0.214. The molecule has 0 amide bonds. The van der Waals surface area contributed by atoms with Crippen LogP contribution in [0.1, 0.15) is 34.1 Å². The highest BCUT2D eigenvalue weighted by Crippen LogP contribution is 2.31. The summed E-state index contributed by atoms with van der Waals surface area (Å²) in [5.41, 5.74) is 0.460. The van der Waals surface area contributed by atoms with E-state index in [1.165, 1.54) is 0 Å². The van der Waals surface area contributed by atoms with E-state index >= 15 is 0 Å². The quantitative estimate of drug-likeness (QED) is 0.257. The Bertz CT molecular complexity index is 1230. The van der Waals surface area contributed by atoms with Crippen LogP contribution in [0.4, 0.5) is 0 Å². The fourth-order valence-corrected chi connectivity index (χ4v) is 3.74. The molecular formula is C28H24O9. The summed E-state index contributed by atoms with van der Waals surface area (Å²) in [6.07, 6.45) is -5.57. The number of carbonyl (C=O) groups is 4. The maximum absolute atomic E-state index is 12.9. The number of para-hydroxylation sites is 1. The zero-order valence-corrected chi connectivity index (χ0v) is 19.9. The molecule has 1 aliphatic rings. The van der Waals surface area contributed by atoms with Gasteiger partial charge in [-0.3, -0.25) is 9.59 Å². The molecule has 3 aromatic rings. The van der Waals surface area contributed by atoms with Gasteiger partial charge in [-0.1, -0.05) is 54.6 Å². The van der Waals surface area contributed by atoms with Gasteiger partial charge in [0.15, 0.2) is 6.10 Å². The van der Waals surface area contributed by atoms with E-state index in [2.05, 4.69) is 0 Å². The fourth-order valence-electron chi connectivity index (χ4n) is 3.74. The van der Waals surface area contributed by atoms with E-state index in [9.17, 15) is 19.2 Å². The van der Waals surface area contributed by atoms with Gasteiger partial charge >= 0.3 is 23.9 Å². The molecule has 0 bridgehead atoms. The van der Waals surface area contributed by atoms with Crippen LogP contribution in [0.25, 0.3) is 0 Å². The van der Waals surface area contributed by atoms with Gasteiger partial charge in [0.05, 0.1) is 17.5 Å². The molecule has 3 aromatic carbocycles. The monoisotopic (exact) mass is 504 g/mol. The number of hydrogen-bond acceptors (Lipinski definition) is 9. The molecule has 4 atom stereocenters. The highest BCUT2D eigenvalue weighted by Gasteiger charge is 2.52. The van der Waals surface area contributed by atoms with Gasteiger partial charge in [0.1, 0.15) is 11.9 Å². The van der Waals surface area contributed by atoms with E-state index in [0.29, 0.717) is 5.75 Å². The lowest BCUT2D eigenvalue weighted by atomic mass is 10.1. The van der Waals surface area contributed by atoms with E-state index < -0.39 is 48.5 Å². The Hall–Kier alpha value is -4.50. The van der Waals surface area contributed by atoms with Crippen molar-refractivity contribution in [3.8, 4) is 5.75 Å².